The first-order valence-corrected chi connectivity index (χ1v) is 6.59. The highest BCUT2D eigenvalue weighted by atomic mass is 19.4. The van der Waals surface area contributed by atoms with Gasteiger partial charge in [-0.15, -0.1) is 0 Å². The normalized spacial score (nSPS) is 11.6. The molecule has 0 bridgehead atoms. The first-order valence-electron chi connectivity index (χ1n) is 6.59. The minimum absolute atomic E-state index is 0.0266. The van der Waals surface area contributed by atoms with E-state index < -0.39 is 17.6 Å². The van der Waals surface area contributed by atoms with Crippen molar-refractivity contribution in [3.05, 3.63) is 59.9 Å². The van der Waals surface area contributed by atoms with Crippen molar-refractivity contribution in [2.45, 2.75) is 6.18 Å². The summed E-state index contributed by atoms with van der Waals surface area (Å²) in [4.78, 5) is 19.5. The molecule has 0 aliphatic heterocycles. The number of pyridine rings is 2. The topological polar surface area (TPSA) is 68.9 Å². The third-order valence-corrected chi connectivity index (χ3v) is 3.34. The lowest BCUT2D eigenvalue weighted by molar-refractivity contribution is -0.137. The molecule has 116 valence electrons. The van der Waals surface area contributed by atoms with Gasteiger partial charge in [0.25, 0.3) is 5.91 Å². The number of benzene rings is 1. The highest BCUT2D eigenvalue weighted by Gasteiger charge is 2.30. The van der Waals surface area contributed by atoms with Crippen molar-refractivity contribution in [1.82, 2.24) is 9.97 Å². The van der Waals surface area contributed by atoms with Crippen molar-refractivity contribution in [2.24, 2.45) is 5.73 Å². The number of nitrogens with zero attached hydrogens (tertiary/aromatic N) is 2. The highest BCUT2D eigenvalue weighted by Crippen LogP contribution is 2.33. The standard InChI is InChI=1S/C16H10F3N3O/c17-16(18,19)10-3-1-2-9(8-10)11-6-7-21-12-4-5-13(15(20)23)22-14(11)12/h1-8H,(H2,20,23). The van der Waals surface area contributed by atoms with Crippen LogP contribution in [0, 0.1) is 0 Å². The summed E-state index contributed by atoms with van der Waals surface area (Å²) in [6.45, 7) is 0. The molecule has 3 aromatic rings. The molecule has 7 heteroatoms. The van der Waals surface area contributed by atoms with E-state index in [1.165, 1.54) is 18.3 Å². The van der Waals surface area contributed by atoms with Gasteiger partial charge in [-0.05, 0) is 35.9 Å². The van der Waals surface area contributed by atoms with Gasteiger partial charge in [0, 0.05) is 11.8 Å². The lowest BCUT2D eigenvalue weighted by atomic mass is 10.0. The van der Waals surface area contributed by atoms with E-state index >= 15 is 0 Å². The number of carbonyl (C=O) groups is 1. The minimum Gasteiger partial charge on any atom is -0.364 e. The van der Waals surface area contributed by atoms with Crippen LogP contribution in [0.25, 0.3) is 22.2 Å². The van der Waals surface area contributed by atoms with Crippen LogP contribution in [-0.2, 0) is 6.18 Å². The maximum Gasteiger partial charge on any atom is 0.416 e. The Morgan fingerprint density at radius 3 is 2.57 bits per heavy atom. The zero-order valence-electron chi connectivity index (χ0n) is 11.6. The summed E-state index contributed by atoms with van der Waals surface area (Å²) in [7, 11) is 0. The van der Waals surface area contributed by atoms with Crippen molar-refractivity contribution in [3.8, 4) is 11.1 Å². The number of halogens is 3. The summed E-state index contributed by atoms with van der Waals surface area (Å²) in [5.74, 6) is -0.717. The van der Waals surface area contributed by atoms with Crippen molar-refractivity contribution >= 4 is 16.9 Å². The van der Waals surface area contributed by atoms with E-state index in [2.05, 4.69) is 9.97 Å². The Morgan fingerprint density at radius 1 is 1.09 bits per heavy atom. The molecule has 2 N–H and O–H groups in total. The smallest absolute Gasteiger partial charge is 0.364 e. The highest BCUT2D eigenvalue weighted by molar-refractivity contribution is 5.96. The average molecular weight is 317 g/mol. The van der Waals surface area contributed by atoms with Gasteiger partial charge in [-0.3, -0.25) is 9.78 Å². The molecule has 0 unspecified atom stereocenters. The third kappa shape index (κ3) is 2.85. The molecular formula is C16H10F3N3O. The van der Waals surface area contributed by atoms with Crippen LogP contribution in [0.15, 0.2) is 48.7 Å². The molecule has 0 aliphatic rings. The number of aromatic nitrogens is 2. The number of fused-ring (bicyclic) bond motifs is 1. The lowest BCUT2D eigenvalue weighted by Gasteiger charge is -2.10. The van der Waals surface area contributed by atoms with Crippen molar-refractivity contribution in [2.75, 3.05) is 0 Å². The van der Waals surface area contributed by atoms with E-state index in [1.54, 1.807) is 18.2 Å². The molecule has 1 amide bonds. The van der Waals surface area contributed by atoms with Crippen LogP contribution in [0.5, 0.6) is 0 Å². The zero-order valence-corrected chi connectivity index (χ0v) is 11.6. The Balaban J connectivity index is 2.24. The van der Waals surface area contributed by atoms with Gasteiger partial charge in [0.05, 0.1) is 16.6 Å². The fourth-order valence-electron chi connectivity index (χ4n) is 2.26. The molecule has 0 atom stereocenters. The van der Waals surface area contributed by atoms with E-state index in [4.69, 9.17) is 5.73 Å². The molecule has 0 radical (unpaired) electrons. The van der Waals surface area contributed by atoms with Crippen LogP contribution in [0.4, 0.5) is 13.2 Å². The summed E-state index contributed by atoms with van der Waals surface area (Å²) in [5.41, 5.74) is 6.04. The summed E-state index contributed by atoms with van der Waals surface area (Å²) in [6.07, 6.45) is -2.96. The molecule has 4 nitrogen and oxygen atoms in total. The van der Waals surface area contributed by atoms with Crippen molar-refractivity contribution in [3.63, 3.8) is 0 Å². The van der Waals surface area contributed by atoms with E-state index in [0.29, 0.717) is 22.2 Å². The molecular weight excluding hydrogens is 307 g/mol. The van der Waals surface area contributed by atoms with Gasteiger partial charge in [0.2, 0.25) is 0 Å². The number of alkyl halides is 3. The maximum absolute atomic E-state index is 12.9. The van der Waals surface area contributed by atoms with Crippen molar-refractivity contribution < 1.29 is 18.0 Å². The number of nitrogens with two attached hydrogens (primary N) is 1. The molecule has 0 saturated heterocycles. The molecule has 1 aromatic carbocycles. The van der Waals surface area contributed by atoms with Crippen LogP contribution >= 0.6 is 0 Å². The van der Waals surface area contributed by atoms with E-state index in [-0.39, 0.29) is 5.69 Å². The molecule has 2 heterocycles. The van der Waals surface area contributed by atoms with Gasteiger partial charge < -0.3 is 5.73 Å². The lowest BCUT2D eigenvalue weighted by Crippen LogP contribution is -2.13. The summed E-state index contributed by atoms with van der Waals surface area (Å²) in [5, 5.41) is 0. The number of amides is 1. The largest absolute Gasteiger partial charge is 0.416 e. The van der Waals surface area contributed by atoms with Crippen LogP contribution < -0.4 is 5.73 Å². The average Bonchev–Trinajstić information content (AvgIpc) is 2.53. The Morgan fingerprint density at radius 2 is 1.87 bits per heavy atom. The molecule has 0 spiro atoms. The quantitative estimate of drug-likeness (QED) is 0.787. The van der Waals surface area contributed by atoms with E-state index in [9.17, 15) is 18.0 Å². The van der Waals surface area contributed by atoms with E-state index in [0.717, 1.165) is 12.1 Å². The van der Waals surface area contributed by atoms with Crippen molar-refractivity contribution in [1.29, 1.82) is 0 Å². The SMILES string of the molecule is NC(=O)c1ccc2nccc(-c3cccc(C(F)(F)F)c3)c2n1. The predicted octanol–water partition coefficient (Wildman–Crippen LogP) is 3.41. The van der Waals surface area contributed by atoms with Crippen LogP contribution in [-0.4, -0.2) is 15.9 Å². The number of hydrogen-bond donors (Lipinski definition) is 1. The Hall–Kier alpha value is -2.96. The second-order valence-electron chi connectivity index (χ2n) is 4.87. The van der Waals surface area contributed by atoms with Crippen LogP contribution in [0.1, 0.15) is 16.1 Å². The predicted molar refractivity (Wildman–Crippen MR) is 78.5 cm³/mol. The second-order valence-corrected chi connectivity index (χ2v) is 4.87. The number of hydrogen-bond acceptors (Lipinski definition) is 3. The minimum atomic E-state index is -4.44. The van der Waals surface area contributed by atoms with Gasteiger partial charge in [-0.1, -0.05) is 12.1 Å². The van der Waals surface area contributed by atoms with Gasteiger partial charge in [0.15, 0.2) is 0 Å². The second kappa shape index (κ2) is 5.35. The molecule has 0 aliphatic carbocycles. The molecule has 0 fully saturated rings. The zero-order chi connectivity index (χ0) is 16.6. The Labute approximate surface area is 128 Å². The molecule has 2 aromatic heterocycles. The van der Waals surface area contributed by atoms with Gasteiger partial charge in [-0.2, -0.15) is 13.2 Å². The number of primary amides is 1. The monoisotopic (exact) mass is 317 g/mol. The van der Waals surface area contributed by atoms with E-state index in [1.807, 2.05) is 0 Å². The van der Waals surface area contributed by atoms with Crippen LogP contribution in [0.2, 0.25) is 0 Å². The molecule has 23 heavy (non-hydrogen) atoms. The number of carbonyl (C=O) groups excluding carboxylic acids is 1. The fourth-order valence-corrected chi connectivity index (χ4v) is 2.26. The van der Waals surface area contributed by atoms with Gasteiger partial charge in [0.1, 0.15) is 5.69 Å². The molecule has 3 rings (SSSR count). The summed E-state index contributed by atoms with van der Waals surface area (Å²) < 4.78 is 38.6. The Kier molecular flexibility index (Phi) is 3.48. The first-order chi connectivity index (χ1) is 10.9. The van der Waals surface area contributed by atoms with Gasteiger partial charge >= 0.3 is 6.18 Å². The first kappa shape index (κ1) is 15.0. The summed E-state index contributed by atoms with van der Waals surface area (Å²) in [6, 6.07) is 9.43. The Bertz CT molecular complexity index is 906. The fraction of sp³-hybridized carbons (Fsp3) is 0.0625. The number of rotatable bonds is 2. The van der Waals surface area contributed by atoms with Gasteiger partial charge in [-0.25, -0.2) is 4.98 Å². The molecule has 0 saturated carbocycles. The maximum atomic E-state index is 12.9. The third-order valence-electron chi connectivity index (χ3n) is 3.34. The summed E-state index contributed by atoms with van der Waals surface area (Å²) >= 11 is 0. The van der Waals surface area contributed by atoms with Crippen LogP contribution in [0.3, 0.4) is 0 Å².